The first-order valence-electron chi connectivity index (χ1n) is 9.31. The van der Waals surface area contributed by atoms with Gasteiger partial charge in [-0.15, -0.1) is 0 Å². The summed E-state index contributed by atoms with van der Waals surface area (Å²) < 4.78 is 27.8. The summed E-state index contributed by atoms with van der Waals surface area (Å²) in [4.78, 5) is 12.8. The number of nitrogens with zero attached hydrogens (tertiary/aromatic N) is 2. The molecule has 0 fully saturated rings. The summed E-state index contributed by atoms with van der Waals surface area (Å²) in [5.74, 6) is 0.0324. The van der Waals surface area contributed by atoms with Crippen molar-refractivity contribution in [2.45, 2.75) is 26.3 Å². The molecule has 1 atom stereocenters. The summed E-state index contributed by atoms with van der Waals surface area (Å²) in [6.07, 6.45) is 0.765. The number of nitrogens with one attached hydrogen (secondary N) is 1. The van der Waals surface area contributed by atoms with Crippen molar-refractivity contribution >= 4 is 21.8 Å². The maximum Gasteiger partial charge on any atom is 0.304 e. The number of amides is 1. The van der Waals surface area contributed by atoms with Crippen LogP contribution in [-0.4, -0.2) is 39.3 Å². The molecule has 0 saturated heterocycles. The molecular weight excluding hydrogens is 374 g/mol. The summed E-state index contributed by atoms with van der Waals surface area (Å²) in [5, 5.41) is 3.01. The number of carbonyl (C=O) groups excluding carboxylic acids is 1. The van der Waals surface area contributed by atoms with Gasteiger partial charge >= 0.3 is 10.2 Å². The maximum absolute atomic E-state index is 12.8. The van der Waals surface area contributed by atoms with Gasteiger partial charge in [0.1, 0.15) is 6.54 Å². The Bertz CT molecular complexity index is 853. The second kappa shape index (κ2) is 9.71. The van der Waals surface area contributed by atoms with E-state index in [-0.39, 0.29) is 18.5 Å². The summed E-state index contributed by atoms with van der Waals surface area (Å²) in [7, 11) is -0.899. The van der Waals surface area contributed by atoms with Crippen LogP contribution < -0.4 is 9.62 Å². The second-order valence-electron chi connectivity index (χ2n) is 7.29. The predicted molar refractivity (Wildman–Crippen MR) is 113 cm³/mol. The van der Waals surface area contributed by atoms with Gasteiger partial charge in [-0.25, -0.2) is 4.31 Å². The Morgan fingerprint density at radius 1 is 0.964 bits per heavy atom. The van der Waals surface area contributed by atoms with Crippen molar-refractivity contribution in [1.29, 1.82) is 0 Å². The van der Waals surface area contributed by atoms with Crippen LogP contribution in [0.4, 0.5) is 5.69 Å². The lowest BCUT2D eigenvalue weighted by atomic mass is 9.97. The first kappa shape index (κ1) is 21.9. The Hall–Kier alpha value is -2.38. The van der Waals surface area contributed by atoms with Gasteiger partial charge in [0.05, 0.1) is 11.7 Å². The van der Waals surface area contributed by atoms with Crippen LogP contribution in [0.3, 0.4) is 0 Å². The van der Waals surface area contributed by atoms with Gasteiger partial charge in [-0.3, -0.25) is 4.79 Å². The Morgan fingerprint density at radius 2 is 1.50 bits per heavy atom. The maximum atomic E-state index is 12.8. The molecule has 2 aromatic rings. The van der Waals surface area contributed by atoms with Gasteiger partial charge in [0.15, 0.2) is 0 Å². The Morgan fingerprint density at radius 3 is 2.00 bits per heavy atom. The summed E-state index contributed by atoms with van der Waals surface area (Å²) in [6, 6.07) is 18.2. The molecule has 0 saturated carbocycles. The molecule has 0 aliphatic rings. The highest BCUT2D eigenvalue weighted by Gasteiger charge is 2.28. The van der Waals surface area contributed by atoms with Crippen molar-refractivity contribution in [1.82, 2.24) is 9.62 Å². The second-order valence-corrected chi connectivity index (χ2v) is 9.36. The van der Waals surface area contributed by atoms with E-state index < -0.39 is 10.2 Å². The van der Waals surface area contributed by atoms with E-state index in [4.69, 9.17) is 0 Å². The zero-order valence-corrected chi connectivity index (χ0v) is 17.7. The monoisotopic (exact) mass is 403 g/mol. The lowest BCUT2D eigenvalue weighted by Crippen LogP contribution is -2.46. The molecule has 1 N–H and O–H groups in total. The van der Waals surface area contributed by atoms with E-state index >= 15 is 0 Å². The first-order chi connectivity index (χ1) is 13.2. The highest BCUT2D eigenvalue weighted by atomic mass is 32.2. The van der Waals surface area contributed by atoms with Crippen LogP contribution in [-0.2, 0) is 15.0 Å². The van der Waals surface area contributed by atoms with E-state index in [2.05, 4.69) is 19.2 Å². The van der Waals surface area contributed by atoms with Crippen molar-refractivity contribution < 1.29 is 13.2 Å². The molecule has 0 bridgehead atoms. The molecule has 152 valence electrons. The fourth-order valence-electron chi connectivity index (χ4n) is 2.90. The summed E-state index contributed by atoms with van der Waals surface area (Å²) >= 11 is 0. The van der Waals surface area contributed by atoms with Gasteiger partial charge in [-0.2, -0.15) is 12.7 Å². The minimum atomic E-state index is -3.80. The molecule has 28 heavy (non-hydrogen) atoms. The molecule has 2 rings (SSSR count). The average Bonchev–Trinajstić information content (AvgIpc) is 2.66. The number of carbonyl (C=O) groups is 1. The van der Waals surface area contributed by atoms with E-state index in [0.29, 0.717) is 11.6 Å². The van der Waals surface area contributed by atoms with Crippen LogP contribution in [0.15, 0.2) is 60.7 Å². The topological polar surface area (TPSA) is 69.7 Å². The Labute approximate surface area is 168 Å². The van der Waals surface area contributed by atoms with E-state index in [9.17, 15) is 13.2 Å². The van der Waals surface area contributed by atoms with Gasteiger partial charge in [0, 0.05) is 14.1 Å². The first-order valence-corrected chi connectivity index (χ1v) is 10.7. The van der Waals surface area contributed by atoms with Gasteiger partial charge in [0.2, 0.25) is 5.91 Å². The fourth-order valence-corrected chi connectivity index (χ4v) is 3.97. The molecule has 0 aliphatic heterocycles. The third-order valence-corrected chi connectivity index (χ3v) is 6.14. The van der Waals surface area contributed by atoms with Crippen LogP contribution in [0.1, 0.15) is 31.9 Å². The highest BCUT2D eigenvalue weighted by molar-refractivity contribution is 7.90. The Balaban J connectivity index is 2.24. The number of benzene rings is 2. The Kier molecular flexibility index (Phi) is 7.60. The standard InChI is InChI=1S/C21H29N3O3S/c1-17(2)15-20(18-11-7-5-8-12-18)22-21(25)16-24(28(26,27)23(3)4)19-13-9-6-10-14-19/h5-14,17,20H,15-16H2,1-4H3,(H,22,25)/t20-/m1/s1. The zero-order chi connectivity index (χ0) is 20.7. The largest absolute Gasteiger partial charge is 0.348 e. The number of para-hydroxylation sites is 1. The van der Waals surface area contributed by atoms with Crippen LogP contribution in [0.2, 0.25) is 0 Å². The minimum absolute atomic E-state index is 0.173. The highest BCUT2D eigenvalue weighted by Crippen LogP contribution is 2.22. The SMILES string of the molecule is CC(C)C[C@@H](NC(=O)CN(c1ccccc1)S(=O)(=O)N(C)C)c1ccccc1. The van der Waals surface area contributed by atoms with E-state index in [1.54, 1.807) is 30.3 Å². The molecule has 1 amide bonds. The van der Waals surface area contributed by atoms with Crippen molar-refractivity contribution in [2.24, 2.45) is 5.92 Å². The third kappa shape index (κ3) is 5.81. The van der Waals surface area contributed by atoms with E-state index in [1.165, 1.54) is 14.1 Å². The van der Waals surface area contributed by atoms with Crippen molar-refractivity contribution in [2.75, 3.05) is 24.9 Å². The summed E-state index contributed by atoms with van der Waals surface area (Å²) in [6.45, 7) is 3.90. The van der Waals surface area contributed by atoms with Crippen LogP contribution in [0.25, 0.3) is 0 Å². The minimum Gasteiger partial charge on any atom is -0.348 e. The molecular formula is C21H29N3O3S. The normalized spacial score (nSPS) is 12.8. The molecule has 0 unspecified atom stereocenters. The van der Waals surface area contributed by atoms with Gasteiger partial charge < -0.3 is 5.32 Å². The lowest BCUT2D eigenvalue weighted by molar-refractivity contribution is -0.120. The van der Waals surface area contributed by atoms with Crippen LogP contribution in [0.5, 0.6) is 0 Å². The number of rotatable bonds is 9. The molecule has 0 radical (unpaired) electrons. The lowest BCUT2D eigenvalue weighted by Gasteiger charge is -2.28. The molecule has 0 heterocycles. The molecule has 6 nitrogen and oxygen atoms in total. The van der Waals surface area contributed by atoms with Gasteiger partial charge in [0.25, 0.3) is 0 Å². The molecule has 0 spiro atoms. The summed E-state index contributed by atoms with van der Waals surface area (Å²) in [5.41, 5.74) is 1.46. The van der Waals surface area contributed by atoms with Crippen molar-refractivity contribution in [3.63, 3.8) is 0 Å². The van der Waals surface area contributed by atoms with Crippen molar-refractivity contribution in [3.8, 4) is 0 Å². The van der Waals surface area contributed by atoms with E-state index in [0.717, 1.165) is 20.6 Å². The van der Waals surface area contributed by atoms with E-state index in [1.807, 2.05) is 30.3 Å². The smallest absolute Gasteiger partial charge is 0.304 e. The van der Waals surface area contributed by atoms with Crippen LogP contribution in [0, 0.1) is 5.92 Å². The quantitative estimate of drug-likeness (QED) is 0.699. The molecule has 2 aromatic carbocycles. The number of hydrogen-bond donors (Lipinski definition) is 1. The molecule has 0 aliphatic carbocycles. The molecule has 7 heteroatoms. The van der Waals surface area contributed by atoms with Crippen molar-refractivity contribution in [3.05, 3.63) is 66.2 Å². The average molecular weight is 404 g/mol. The van der Waals surface area contributed by atoms with Gasteiger partial charge in [-0.1, -0.05) is 62.4 Å². The van der Waals surface area contributed by atoms with Gasteiger partial charge in [-0.05, 0) is 30.0 Å². The zero-order valence-electron chi connectivity index (χ0n) is 16.9. The predicted octanol–water partition coefficient (Wildman–Crippen LogP) is 3.20. The molecule has 0 aromatic heterocycles. The third-order valence-electron chi connectivity index (χ3n) is 4.32. The number of hydrogen-bond acceptors (Lipinski definition) is 3. The van der Waals surface area contributed by atoms with Crippen LogP contribution >= 0.6 is 0 Å². The fraction of sp³-hybridized carbons (Fsp3) is 0.381. The number of anilines is 1.